The number of hydrogen-bond donors (Lipinski definition) is 1. The van der Waals surface area contributed by atoms with Crippen LogP contribution in [0.5, 0.6) is 0 Å². The van der Waals surface area contributed by atoms with Gasteiger partial charge in [-0.05, 0) is 31.0 Å². The number of rotatable bonds is 5. The topological polar surface area (TPSA) is 29.1 Å². The van der Waals surface area contributed by atoms with E-state index in [2.05, 4.69) is 35.1 Å². The summed E-state index contributed by atoms with van der Waals surface area (Å²) in [6, 6.07) is 7.75. The van der Waals surface area contributed by atoms with E-state index in [4.69, 9.17) is 0 Å². The Morgan fingerprint density at radius 2 is 2.19 bits per heavy atom. The summed E-state index contributed by atoms with van der Waals surface area (Å²) in [5.74, 6) is 0.0154. The maximum absolute atomic E-state index is 11.9. The second kappa shape index (κ2) is 6.69. The minimum atomic E-state index is 0.0154. The molecule has 1 aromatic carbocycles. The zero-order chi connectivity index (χ0) is 12.0. The molecule has 0 aliphatic rings. The number of carbonyl (C=O) groups excluding carboxylic acids is 1. The van der Waals surface area contributed by atoms with E-state index < -0.39 is 0 Å². The molecule has 0 aromatic heterocycles. The quantitative estimate of drug-likeness (QED) is 0.876. The van der Waals surface area contributed by atoms with Gasteiger partial charge in [0.05, 0.1) is 0 Å². The van der Waals surface area contributed by atoms with Crippen LogP contribution in [0, 0.1) is 0 Å². The molecule has 0 fully saturated rings. The molecule has 0 aliphatic carbocycles. The first-order valence-corrected chi connectivity index (χ1v) is 6.53. The van der Waals surface area contributed by atoms with Gasteiger partial charge in [0.1, 0.15) is 0 Å². The third-order valence-corrected chi connectivity index (χ3v) is 3.05. The Balaban J connectivity index is 2.64. The highest BCUT2D eigenvalue weighted by molar-refractivity contribution is 9.10. The van der Waals surface area contributed by atoms with Crippen molar-refractivity contribution in [2.24, 2.45) is 0 Å². The standard InChI is InChI=1S/C13H18BrNO/c1-3-6-12(4-2)15-13(16)10-7-5-8-11(14)9-10/h5,7-9,12H,3-4,6H2,1-2H3,(H,15,16). The smallest absolute Gasteiger partial charge is 0.251 e. The lowest BCUT2D eigenvalue weighted by atomic mass is 10.1. The fraction of sp³-hybridized carbons (Fsp3) is 0.462. The number of benzene rings is 1. The fourth-order valence-corrected chi connectivity index (χ4v) is 2.02. The van der Waals surface area contributed by atoms with Gasteiger partial charge in [0.15, 0.2) is 0 Å². The van der Waals surface area contributed by atoms with E-state index in [0.29, 0.717) is 5.56 Å². The second-order valence-corrected chi connectivity index (χ2v) is 4.79. The predicted octanol–water partition coefficient (Wildman–Crippen LogP) is 3.76. The van der Waals surface area contributed by atoms with Crippen molar-refractivity contribution in [2.45, 2.75) is 39.2 Å². The molecule has 3 heteroatoms. The number of nitrogens with one attached hydrogen (secondary N) is 1. The van der Waals surface area contributed by atoms with E-state index in [1.807, 2.05) is 24.3 Å². The minimum Gasteiger partial charge on any atom is -0.349 e. The normalized spacial score (nSPS) is 12.2. The molecule has 0 spiro atoms. The molecule has 0 bridgehead atoms. The van der Waals surface area contributed by atoms with Gasteiger partial charge in [0.25, 0.3) is 5.91 Å². The lowest BCUT2D eigenvalue weighted by Gasteiger charge is -2.16. The van der Waals surface area contributed by atoms with Crippen LogP contribution in [0.15, 0.2) is 28.7 Å². The summed E-state index contributed by atoms with van der Waals surface area (Å²) in [7, 11) is 0. The van der Waals surface area contributed by atoms with Gasteiger partial charge in [-0.1, -0.05) is 42.3 Å². The molecule has 2 nitrogen and oxygen atoms in total. The minimum absolute atomic E-state index is 0.0154. The summed E-state index contributed by atoms with van der Waals surface area (Å²) in [4.78, 5) is 11.9. The van der Waals surface area contributed by atoms with Gasteiger partial charge in [-0.2, -0.15) is 0 Å². The van der Waals surface area contributed by atoms with Crippen LogP contribution >= 0.6 is 15.9 Å². The van der Waals surface area contributed by atoms with Gasteiger partial charge in [-0.15, -0.1) is 0 Å². The second-order valence-electron chi connectivity index (χ2n) is 3.88. The van der Waals surface area contributed by atoms with Crippen molar-refractivity contribution in [3.8, 4) is 0 Å². The van der Waals surface area contributed by atoms with E-state index in [-0.39, 0.29) is 11.9 Å². The van der Waals surface area contributed by atoms with Gasteiger partial charge < -0.3 is 5.32 Å². The van der Waals surface area contributed by atoms with Crippen LogP contribution in [0.1, 0.15) is 43.5 Å². The summed E-state index contributed by atoms with van der Waals surface area (Å²) < 4.78 is 0.934. The lowest BCUT2D eigenvalue weighted by molar-refractivity contribution is 0.0933. The Morgan fingerprint density at radius 3 is 2.75 bits per heavy atom. The number of halogens is 1. The fourth-order valence-electron chi connectivity index (χ4n) is 1.63. The van der Waals surface area contributed by atoms with Crippen molar-refractivity contribution >= 4 is 21.8 Å². The third kappa shape index (κ3) is 3.97. The summed E-state index contributed by atoms with van der Waals surface area (Å²) in [6.45, 7) is 4.23. The molecule has 88 valence electrons. The molecular formula is C13H18BrNO. The van der Waals surface area contributed by atoms with Gasteiger partial charge in [0.2, 0.25) is 0 Å². The van der Waals surface area contributed by atoms with Crippen molar-refractivity contribution in [3.63, 3.8) is 0 Å². The van der Waals surface area contributed by atoms with Gasteiger partial charge >= 0.3 is 0 Å². The summed E-state index contributed by atoms with van der Waals surface area (Å²) >= 11 is 3.36. The summed E-state index contributed by atoms with van der Waals surface area (Å²) in [6.07, 6.45) is 3.11. The Kier molecular flexibility index (Phi) is 5.53. The average molecular weight is 284 g/mol. The Morgan fingerprint density at radius 1 is 1.44 bits per heavy atom. The zero-order valence-electron chi connectivity index (χ0n) is 9.79. The Labute approximate surface area is 106 Å². The number of amides is 1. The van der Waals surface area contributed by atoms with Crippen molar-refractivity contribution in [1.82, 2.24) is 5.32 Å². The van der Waals surface area contributed by atoms with Gasteiger partial charge in [-0.3, -0.25) is 4.79 Å². The molecule has 0 radical (unpaired) electrons. The highest BCUT2D eigenvalue weighted by atomic mass is 79.9. The first kappa shape index (κ1) is 13.2. The average Bonchev–Trinajstić information content (AvgIpc) is 2.28. The van der Waals surface area contributed by atoms with E-state index in [9.17, 15) is 4.79 Å². The maximum Gasteiger partial charge on any atom is 0.251 e. The van der Waals surface area contributed by atoms with Crippen LogP contribution in [-0.2, 0) is 0 Å². The number of hydrogen-bond acceptors (Lipinski definition) is 1. The molecule has 1 aromatic rings. The molecular weight excluding hydrogens is 266 g/mol. The van der Waals surface area contributed by atoms with Gasteiger partial charge in [0, 0.05) is 16.1 Å². The molecule has 0 heterocycles. The van der Waals surface area contributed by atoms with Crippen molar-refractivity contribution in [1.29, 1.82) is 0 Å². The molecule has 1 amide bonds. The molecule has 0 aliphatic heterocycles. The SMILES string of the molecule is CCCC(CC)NC(=O)c1cccc(Br)c1. The van der Waals surface area contributed by atoms with Crippen molar-refractivity contribution in [2.75, 3.05) is 0 Å². The largest absolute Gasteiger partial charge is 0.349 e. The van der Waals surface area contributed by atoms with Crippen LogP contribution < -0.4 is 5.32 Å². The first-order chi connectivity index (χ1) is 7.67. The molecule has 1 atom stereocenters. The summed E-state index contributed by atoms with van der Waals surface area (Å²) in [5, 5.41) is 3.05. The Bertz CT molecular complexity index is 352. The molecule has 0 saturated heterocycles. The van der Waals surface area contributed by atoms with Crippen LogP contribution in [0.3, 0.4) is 0 Å². The molecule has 1 N–H and O–H groups in total. The highest BCUT2D eigenvalue weighted by Crippen LogP contribution is 2.12. The monoisotopic (exact) mass is 283 g/mol. The van der Waals surface area contributed by atoms with E-state index >= 15 is 0 Å². The van der Waals surface area contributed by atoms with Crippen molar-refractivity contribution in [3.05, 3.63) is 34.3 Å². The number of carbonyl (C=O) groups is 1. The van der Waals surface area contributed by atoms with Gasteiger partial charge in [-0.25, -0.2) is 0 Å². The first-order valence-electron chi connectivity index (χ1n) is 5.73. The third-order valence-electron chi connectivity index (χ3n) is 2.55. The van der Waals surface area contributed by atoms with E-state index in [1.54, 1.807) is 0 Å². The Hall–Kier alpha value is -0.830. The van der Waals surface area contributed by atoms with Crippen LogP contribution in [0.2, 0.25) is 0 Å². The van der Waals surface area contributed by atoms with Crippen LogP contribution in [-0.4, -0.2) is 11.9 Å². The zero-order valence-corrected chi connectivity index (χ0v) is 11.4. The van der Waals surface area contributed by atoms with Crippen molar-refractivity contribution < 1.29 is 4.79 Å². The maximum atomic E-state index is 11.9. The van der Waals surface area contributed by atoms with Crippen LogP contribution in [0.25, 0.3) is 0 Å². The van der Waals surface area contributed by atoms with E-state index in [1.165, 1.54) is 0 Å². The summed E-state index contributed by atoms with van der Waals surface area (Å²) in [5.41, 5.74) is 0.712. The lowest BCUT2D eigenvalue weighted by Crippen LogP contribution is -2.34. The van der Waals surface area contributed by atoms with E-state index in [0.717, 1.165) is 23.7 Å². The van der Waals surface area contributed by atoms with Crippen LogP contribution in [0.4, 0.5) is 0 Å². The molecule has 1 unspecified atom stereocenters. The molecule has 16 heavy (non-hydrogen) atoms. The molecule has 0 saturated carbocycles. The highest BCUT2D eigenvalue weighted by Gasteiger charge is 2.11. The predicted molar refractivity (Wildman–Crippen MR) is 70.6 cm³/mol. The molecule has 1 rings (SSSR count).